The Balaban J connectivity index is 0.00000120. The molecule has 1 aromatic rings. The molecule has 1 N–H and O–H groups in total. The number of fused-ring (bicyclic) bond motifs is 2. The molecular formula is C14H18ClNO2. The number of hydrogen-bond donors (Lipinski definition) is 1. The summed E-state index contributed by atoms with van der Waals surface area (Å²) < 4.78 is 0. The minimum absolute atomic E-state index is 0. The van der Waals surface area contributed by atoms with Crippen molar-refractivity contribution in [3.05, 3.63) is 35.9 Å². The van der Waals surface area contributed by atoms with Gasteiger partial charge in [0.1, 0.15) is 5.54 Å². The highest BCUT2D eigenvalue weighted by molar-refractivity contribution is 5.85. The third-order valence-electron chi connectivity index (χ3n) is 4.28. The van der Waals surface area contributed by atoms with Crippen molar-refractivity contribution < 1.29 is 9.90 Å². The molecule has 2 aliphatic heterocycles. The number of rotatable bonds is 3. The maximum Gasteiger partial charge on any atom is 0.324 e. The second-order valence-electron chi connectivity index (χ2n) is 5.31. The van der Waals surface area contributed by atoms with Crippen molar-refractivity contribution in [2.45, 2.75) is 31.3 Å². The van der Waals surface area contributed by atoms with Gasteiger partial charge in [-0.05, 0) is 37.3 Å². The number of carbonyl (C=O) groups is 1. The molecule has 3 nitrogen and oxygen atoms in total. The molecule has 18 heavy (non-hydrogen) atoms. The highest BCUT2D eigenvalue weighted by atomic mass is 35.5. The van der Waals surface area contributed by atoms with Crippen LogP contribution in [0.3, 0.4) is 0 Å². The average molecular weight is 268 g/mol. The Morgan fingerprint density at radius 2 is 2.00 bits per heavy atom. The van der Waals surface area contributed by atoms with Crippen LogP contribution >= 0.6 is 12.4 Å². The highest BCUT2D eigenvalue weighted by Crippen LogP contribution is 2.49. The Morgan fingerprint density at radius 3 is 2.61 bits per heavy atom. The lowest BCUT2D eigenvalue weighted by molar-refractivity contribution is -0.172. The predicted octanol–water partition coefficient (Wildman–Crippen LogP) is 2.55. The van der Waals surface area contributed by atoms with Gasteiger partial charge in [0.25, 0.3) is 0 Å². The van der Waals surface area contributed by atoms with Gasteiger partial charge in [0.2, 0.25) is 0 Å². The Labute approximate surface area is 113 Å². The lowest BCUT2D eigenvalue weighted by atomic mass is 9.62. The molecule has 0 aromatic heterocycles. The quantitative estimate of drug-likeness (QED) is 0.915. The van der Waals surface area contributed by atoms with Gasteiger partial charge in [0, 0.05) is 6.54 Å². The van der Waals surface area contributed by atoms with Gasteiger partial charge in [-0.3, -0.25) is 9.69 Å². The number of hydrogen-bond acceptors (Lipinski definition) is 2. The third-order valence-corrected chi connectivity index (χ3v) is 4.28. The highest BCUT2D eigenvalue weighted by Gasteiger charge is 2.57. The molecule has 4 heteroatoms. The van der Waals surface area contributed by atoms with Crippen LogP contribution in [0.4, 0.5) is 0 Å². The molecule has 98 valence electrons. The van der Waals surface area contributed by atoms with E-state index in [1.54, 1.807) is 0 Å². The normalized spacial score (nSPS) is 30.1. The largest absolute Gasteiger partial charge is 0.480 e. The molecule has 0 radical (unpaired) electrons. The summed E-state index contributed by atoms with van der Waals surface area (Å²) in [6.45, 7) is 1.69. The number of benzene rings is 1. The lowest BCUT2D eigenvalue weighted by Gasteiger charge is -2.56. The van der Waals surface area contributed by atoms with E-state index in [0.29, 0.717) is 5.92 Å². The van der Waals surface area contributed by atoms with Gasteiger partial charge in [-0.1, -0.05) is 30.3 Å². The van der Waals surface area contributed by atoms with E-state index in [1.165, 1.54) is 5.56 Å². The van der Waals surface area contributed by atoms with E-state index in [1.807, 2.05) is 18.2 Å². The van der Waals surface area contributed by atoms with Crippen LogP contribution < -0.4 is 0 Å². The molecule has 3 fully saturated rings. The summed E-state index contributed by atoms with van der Waals surface area (Å²) in [6, 6.07) is 10.2. The molecule has 0 atom stereocenters. The van der Waals surface area contributed by atoms with E-state index in [4.69, 9.17) is 0 Å². The molecule has 2 saturated heterocycles. The van der Waals surface area contributed by atoms with Gasteiger partial charge in [-0.25, -0.2) is 0 Å². The van der Waals surface area contributed by atoms with Gasteiger partial charge >= 0.3 is 5.97 Å². The Hall–Kier alpha value is -1.06. The van der Waals surface area contributed by atoms with Crippen molar-refractivity contribution in [3.8, 4) is 0 Å². The summed E-state index contributed by atoms with van der Waals surface area (Å²) in [5, 5.41) is 9.44. The fourth-order valence-corrected chi connectivity index (χ4v) is 3.25. The van der Waals surface area contributed by atoms with Crippen LogP contribution in [0, 0.1) is 5.92 Å². The zero-order chi connectivity index (χ0) is 11.9. The Kier molecular flexibility index (Phi) is 3.64. The first kappa shape index (κ1) is 13.4. The first-order valence-electron chi connectivity index (χ1n) is 6.23. The Morgan fingerprint density at radius 1 is 1.33 bits per heavy atom. The number of carboxylic acids is 1. The van der Waals surface area contributed by atoms with Crippen LogP contribution in [-0.2, 0) is 11.3 Å². The minimum atomic E-state index is -0.635. The molecule has 0 unspecified atom stereocenters. The zero-order valence-electron chi connectivity index (χ0n) is 10.2. The van der Waals surface area contributed by atoms with E-state index < -0.39 is 11.5 Å². The van der Waals surface area contributed by atoms with Crippen LogP contribution in [-0.4, -0.2) is 28.1 Å². The topological polar surface area (TPSA) is 40.5 Å². The number of aliphatic carboxylic acids is 1. The first-order valence-corrected chi connectivity index (χ1v) is 6.23. The molecule has 2 bridgehead atoms. The SMILES string of the molecule is Cl.O=C(O)C12CC(CCN1Cc1ccccc1)C2. The van der Waals surface area contributed by atoms with E-state index >= 15 is 0 Å². The Bertz CT molecular complexity index is 429. The molecule has 4 rings (SSSR count). The summed E-state index contributed by atoms with van der Waals surface area (Å²) in [5.74, 6) is 0.0162. The summed E-state index contributed by atoms with van der Waals surface area (Å²) in [6.07, 6.45) is 2.84. The summed E-state index contributed by atoms with van der Waals surface area (Å²) >= 11 is 0. The minimum Gasteiger partial charge on any atom is -0.480 e. The van der Waals surface area contributed by atoms with Crippen molar-refractivity contribution >= 4 is 18.4 Å². The molecule has 1 saturated carbocycles. The van der Waals surface area contributed by atoms with E-state index in [0.717, 1.165) is 32.4 Å². The standard InChI is InChI=1S/C14H17NO2.ClH/c16-13(17)14-8-12(9-14)6-7-15(14)10-11-4-2-1-3-5-11;/h1-5,12H,6-10H2,(H,16,17);1H. The second-order valence-corrected chi connectivity index (χ2v) is 5.31. The zero-order valence-corrected chi connectivity index (χ0v) is 11.0. The first-order chi connectivity index (χ1) is 8.21. The second kappa shape index (κ2) is 4.90. The van der Waals surface area contributed by atoms with Crippen molar-refractivity contribution in [2.24, 2.45) is 5.92 Å². The fourth-order valence-electron chi connectivity index (χ4n) is 3.25. The van der Waals surface area contributed by atoms with Gasteiger partial charge in [0.15, 0.2) is 0 Å². The number of halogens is 1. The van der Waals surface area contributed by atoms with Crippen molar-refractivity contribution in [3.63, 3.8) is 0 Å². The van der Waals surface area contributed by atoms with Crippen molar-refractivity contribution in [2.75, 3.05) is 6.54 Å². The summed E-state index contributed by atoms with van der Waals surface area (Å²) in [5.41, 5.74) is 0.650. The van der Waals surface area contributed by atoms with Crippen LogP contribution in [0.1, 0.15) is 24.8 Å². The number of piperidine rings is 2. The molecular weight excluding hydrogens is 250 g/mol. The lowest BCUT2D eigenvalue weighted by Crippen LogP contribution is -2.66. The third kappa shape index (κ3) is 2.02. The average Bonchev–Trinajstić information content (AvgIpc) is 2.29. The maximum absolute atomic E-state index is 11.5. The van der Waals surface area contributed by atoms with Crippen molar-refractivity contribution in [1.82, 2.24) is 4.90 Å². The van der Waals surface area contributed by atoms with Crippen LogP contribution in [0.25, 0.3) is 0 Å². The van der Waals surface area contributed by atoms with Gasteiger partial charge in [0.05, 0.1) is 0 Å². The molecule has 0 spiro atoms. The summed E-state index contributed by atoms with van der Waals surface area (Å²) in [7, 11) is 0. The van der Waals surface area contributed by atoms with E-state index in [2.05, 4.69) is 17.0 Å². The van der Waals surface area contributed by atoms with Crippen LogP contribution in [0.5, 0.6) is 0 Å². The molecule has 2 heterocycles. The molecule has 1 aromatic carbocycles. The summed E-state index contributed by atoms with van der Waals surface area (Å²) in [4.78, 5) is 13.6. The van der Waals surface area contributed by atoms with E-state index in [-0.39, 0.29) is 12.4 Å². The van der Waals surface area contributed by atoms with Crippen molar-refractivity contribution in [1.29, 1.82) is 0 Å². The fraction of sp³-hybridized carbons (Fsp3) is 0.500. The van der Waals surface area contributed by atoms with Crippen LogP contribution in [0.2, 0.25) is 0 Å². The molecule has 3 aliphatic rings. The molecule has 0 amide bonds. The smallest absolute Gasteiger partial charge is 0.324 e. The number of nitrogens with zero attached hydrogens (tertiary/aromatic N) is 1. The predicted molar refractivity (Wildman–Crippen MR) is 71.8 cm³/mol. The van der Waals surface area contributed by atoms with Gasteiger partial charge < -0.3 is 5.11 Å². The maximum atomic E-state index is 11.5. The van der Waals surface area contributed by atoms with Crippen LogP contribution in [0.15, 0.2) is 30.3 Å². The monoisotopic (exact) mass is 267 g/mol. The number of carboxylic acid groups (broad SMARTS) is 1. The van der Waals surface area contributed by atoms with Gasteiger partial charge in [-0.2, -0.15) is 0 Å². The van der Waals surface area contributed by atoms with E-state index in [9.17, 15) is 9.90 Å². The molecule has 1 aliphatic carbocycles. The van der Waals surface area contributed by atoms with Gasteiger partial charge in [-0.15, -0.1) is 12.4 Å².